The predicted molar refractivity (Wildman–Crippen MR) is 206 cm³/mol. The smallest absolute Gasteiger partial charge is 0.261 e. The van der Waals surface area contributed by atoms with Gasteiger partial charge in [0.05, 0.1) is 143 Å². The van der Waals surface area contributed by atoms with Gasteiger partial charge in [0.1, 0.15) is 0 Å². The molecule has 1 aromatic carbocycles. The third-order valence-electron chi connectivity index (χ3n) is 8.58. The molecular weight excluding hydrogens is 698 g/mol. The Hall–Kier alpha value is -2.04. The lowest BCUT2D eigenvalue weighted by atomic mass is 10.1. The van der Waals surface area contributed by atoms with E-state index in [-0.39, 0.29) is 25.0 Å². The van der Waals surface area contributed by atoms with Gasteiger partial charge >= 0.3 is 0 Å². The summed E-state index contributed by atoms with van der Waals surface area (Å²) < 4.78 is 55.2. The molecule has 2 rings (SSSR count). The largest absolute Gasteiger partial charge is 0.379 e. The molecule has 0 aliphatic carbocycles. The summed E-state index contributed by atoms with van der Waals surface area (Å²) in [5, 5.41) is 0. The first kappa shape index (κ1) is 48.1. The summed E-state index contributed by atoms with van der Waals surface area (Å²) in [6.07, 6.45) is 14.8. The van der Waals surface area contributed by atoms with Crippen LogP contribution in [-0.4, -0.2) is 155 Å². The highest BCUT2D eigenvalue weighted by Gasteiger charge is 2.34. The SMILES string of the molecule is CCCCCCCCCCCCCOCCOCCOCCOCCOCCOCCOCCOCCOCCOCCN1C(=O)c2ccccc2C1=O. The topological polar surface area (TPSA) is 130 Å². The van der Waals surface area contributed by atoms with Crippen LogP contribution in [0.3, 0.4) is 0 Å². The lowest BCUT2D eigenvalue weighted by Crippen LogP contribution is -2.33. The average molecular weight is 770 g/mol. The van der Waals surface area contributed by atoms with Crippen molar-refractivity contribution >= 4 is 11.8 Å². The van der Waals surface area contributed by atoms with Crippen LogP contribution in [0.5, 0.6) is 0 Å². The van der Waals surface area contributed by atoms with Crippen molar-refractivity contribution in [2.24, 2.45) is 0 Å². The quantitative estimate of drug-likeness (QED) is 0.0593. The average Bonchev–Trinajstić information content (AvgIpc) is 3.43. The number of fused-ring (bicyclic) bond motifs is 1. The number of rotatable bonds is 42. The molecule has 1 aliphatic heterocycles. The van der Waals surface area contributed by atoms with Crippen LogP contribution in [0.15, 0.2) is 24.3 Å². The Bertz CT molecular complexity index is 981. The lowest BCUT2D eigenvalue weighted by molar-refractivity contribution is -0.0265. The molecule has 0 bridgehead atoms. The molecule has 0 saturated heterocycles. The Balaban J connectivity index is 1.15. The molecule has 54 heavy (non-hydrogen) atoms. The molecule has 1 heterocycles. The molecule has 0 saturated carbocycles. The standard InChI is InChI=1S/C41H71NO12/c1-2-3-4-5-6-7-8-9-10-11-14-18-45-20-22-47-24-26-49-28-30-51-32-34-53-36-37-54-35-33-52-31-29-50-27-25-48-23-21-46-19-17-42-40(43)38-15-12-13-16-39(38)41(42)44/h12-13,15-16H,2-11,14,17-37H2,1H3. The number of unbranched alkanes of at least 4 members (excludes halogenated alkanes) is 10. The normalized spacial score (nSPS) is 12.7. The summed E-state index contributed by atoms with van der Waals surface area (Å²) >= 11 is 0. The summed E-state index contributed by atoms with van der Waals surface area (Å²) in [7, 11) is 0. The zero-order chi connectivity index (χ0) is 38.4. The second kappa shape index (κ2) is 36.6. The number of carbonyl (C=O) groups excluding carboxylic acids is 2. The Morgan fingerprint density at radius 2 is 0.611 bits per heavy atom. The van der Waals surface area contributed by atoms with E-state index < -0.39 is 0 Å². The van der Waals surface area contributed by atoms with Gasteiger partial charge in [-0.05, 0) is 18.6 Å². The van der Waals surface area contributed by atoms with Gasteiger partial charge in [0.15, 0.2) is 0 Å². The summed E-state index contributed by atoms with van der Waals surface area (Å²) in [5.41, 5.74) is 0.890. The highest BCUT2D eigenvalue weighted by Crippen LogP contribution is 2.21. The maximum atomic E-state index is 12.3. The van der Waals surface area contributed by atoms with Crippen LogP contribution >= 0.6 is 0 Å². The highest BCUT2D eigenvalue weighted by molar-refractivity contribution is 6.21. The van der Waals surface area contributed by atoms with E-state index in [0.29, 0.717) is 130 Å². The van der Waals surface area contributed by atoms with E-state index in [9.17, 15) is 9.59 Å². The van der Waals surface area contributed by atoms with E-state index in [1.165, 1.54) is 69.1 Å². The van der Waals surface area contributed by atoms with Crippen LogP contribution in [0.1, 0.15) is 98.3 Å². The van der Waals surface area contributed by atoms with Crippen molar-refractivity contribution in [3.63, 3.8) is 0 Å². The summed E-state index contributed by atoms with van der Waals surface area (Å²) in [6, 6.07) is 6.83. The fourth-order valence-electron chi connectivity index (χ4n) is 5.55. The summed E-state index contributed by atoms with van der Waals surface area (Å²) in [5.74, 6) is -0.549. The molecule has 13 heteroatoms. The van der Waals surface area contributed by atoms with Crippen molar-refractivity contribution in [1.29, 1.82) is 0 Å². The first-order valence-corrected chi connectivity index (χ1v) is 20.5. The Kier molecular flexibility index (Phi) is 32.6. The lowest BCUT2D eigenvalue weighted by Gasteiger charge is -2.13. The van der Waals surface area contributed by atoms with Crippen LogP contribution in [0, 0.1) is 0 Å². The molecule has 2 amide bonds. The maximum absolute atomic E-state index is 12.3. The second-order valence-electron chi connectivity index (χ2n) is 13.0. The summed E-state index contributed by atoms with van der Waals surface area (Å²) in [6.45, 7) is 12.6. The molecule has 0 atom stereocenters. The first-order chi connectivity index (χ1) is 26.8. The second-order valence-corrected chi connectivity index (χ2v) is 13.0. The van der Waals surface area contributed by atoms with Gasteiger partial charge < -0.3 is 47.4 Å². The number of imide groups is 1. The van der Waals surface area contributed by atoms with Gasteiger partial charge in [-0.3, -0.25) is 14.5 Å². The minimum absolute atomic E-state index is 0.217. The van der Waals surface area contributed by atoms with Gasteiger partial charge in [0.25, 0.3) is 11.8 Å². The van der Waals surface area contributed by atoms with Crippen LogP contribution in [0.25, 0.3) is 0 Å². The number of benzene rings is 1. The molecule has 1 aliphatic rings. The van der Waals surface area contributed by atoms with E-state index in [2.05, 4.69) is 6.92 Å². The van der Waals surface area contributed by atoms with Gasteiger partial charge in [0, 0.05) is 6.61 Å². The van der Waals surface area contributed by atoms with Gasteiger partial charge in [-0.2, -0.15) is 0 Å². The van der Waals surface area contributed by atoms with Crippen molar-refractivity contribution in [1.82, 2.24) is 4.90 Å². The van der Waals surface area contributed by atoms with Gasteiger partial charge in [0.2, 0.25) is 0 Å². The monoisotopic (exact) mass is 769 g/mol. The zero-order valence-corrected chi connectivity index (χ0v) is 33.3. The third-order valence-corrected chi connectivity index (χ3v) is 8.58. The molecule has 0 fully saturated rings. The van der Waals surface area contributed by atoms with Crippen molar-refractivity contribution in [3.8, 4) is 0 Å². The zero-order valence-electron chi connectivity index (χ0n) is 33.3. The molecule has 13 nitrogen and oxygen atoms in total. The summed E-state index contributed by atoms with van der Waals surface area (Å²) in [4.78, 5) is 25.9. The number of hydrogen-bond donors (Lipinski definition) is 0. The number of hydrogen-bond acceptors (Lipinski definition) is 12. The van der Waals surface area contributed by atoms with Crippen LogP contribution in [0.2, 0.25) is 0 Å². The van der Waals surface area contributed by atoms with Crippen molar-refractivity contribution in [2.75, 3.05) is 139 Å². The van der Waals surface area contributed by atoms with E-state index in [4.69, 9.17) is 47.4 Å². The molecule has 0 N–H and O–H groups in total. The highest BCUT2D eigenvalue weighted by atomic mass is 16.6. The number of carbonyl (C=O) groups is 2. The fraction of sp³-hybridized carbons (Fsp3) is 0.805. The minimum Gasteiger partial charge on any atom is -0.379 e. The molecular formula is C41H71NO12. The van der Waals surface area contributed by atoms with Gasteiger partial charge in [-0.15, -0.1) is 0 Å². The van der Waals surface area contributed by atoms with Crippen LogP contribution in [-0.2, 0) is 47.4 Å². The first-order valence-electron chi connectivity index (χ1n) is 20.5. The number of amides is 2. The van der Waals surface area contributed by atoms with E-state index in [1.54, 1.807) is 24.3 Å². The van der Waals surface area contributed by atoms with Gasteiger partial charge in [-0.1, -0.05) is 83.3 Å². The molecule has 0 unspecified atom stereocenters. The minimum atomic E-state index is -0.274. The van der Waals surface area contributed by atoms with Crippen LogP contribution < -0.4 is 0 Å². The Morgan fingerprint density at radius 1 is 0.352 bits per heavy atom. The molecule has 312 valence electrons. The van der Waals surface area contributed by atoms with E-state index in [1.807, 2.05) is 0 Å². The van der Waals surface area contributed by atoms with Gasteiger partial charge in [-0.25, -0.2) is 0 Å². The maximum Gasteiger partial charge on any atom is 0.261 e. The molecule has 0 spiro atoms. The Morgan fingerprint density at radius 3 is 0.926 bits per heavy atom. The van der Waals surface area contributed by atoms with Crippen molar-refractivity contribution in [2.45, 2.75) is 77.6 Å². The third kappa shape index (κ3) is 25.9. The van der Waals surface area contributed by atoms with Crippen molar-refractivity contribution in [3.05, 3.63) is 35.4 Å². The number of ether oxygens (including phenoxy) is 10. The van der Waals surface area contributed by atoms with Crippen LogP contribution in [0.4, 0.5) is 0 Å². The predicted octanol–water partition coefficient (Wildman–Crippen LogP) is 5.76. The number of nitrogens with zero attached hydrogens (tertiary/aromatic N) is 1. The molecule has 1 aromatic rings. The molecule has 0 radical (unpaired) electrons. The van der Waals surface area contributed by atoms with E-state index in [0.717, 1.165) is 13.0 Å². The van der Waals surface area contributed by atoms with Crippen molar-refractivity contribution < 1.29 is 57.0 Å². The fourth-order valence-corrected chi connectivity index (χ4v) is 5.55. The Labute approximate surface area is 324 Å². The van der Waals surface area contributed by atoms with E-state index >= 15 is 0 Å². The molecule has 0 aromatic heterocycles.